The Morgan fingerprint density at radius 2 is 1.78 bits per heavy atom. The van der Waals surface area contributed by atoms with Crippen molar-refractivity contribution in [3.63, 3.8) is 0 Å². The largest absolute Gasteiger partial charge is 0.493 e. The number of rotatable bonds is 5. The van der Waals surface area contributed by atoms with Crippen molar-refractivity contribution in [1.82, 2.24) is 0 Å². The first-order valence-corrected chi connectivity index (χ1v) is 4.82. The van der Waals surface area contributed by atoms with E-state index in [0.29, 0.717) is 6.29 Å². The molecule has 0 unspecified atom stereocenters. The van der Waals surface area contributed by atoms with E-state index in [0.717, 1.165) is 6.07 Å². The Balaban J connectivity index is 3.10. The number of aldehydes is 1. The summed E-state index contributed by atoms with van der Waals surface area (Å²) in [5.41, 5.74) is 0.129. The molecule has 0 aliphatic heterocycles. The Morgan fingerprint density at radius 3 is 2.22 bits per heavy atom. The molecule has 4 nitrogen and oxygen atoms in total. The smallest absolute Gasteiger partial charge is 0.422 e. The average molecular weight is 264 g/mol. The molecule has 100 valence electrons. The number of ether oxygens (including phenoxy) is 3. The van der Waals surface area contributed by atoms with Gasteiger partial charge < -0.3 is 14.2 Å². The molecule has 0 heterocycles. The molecule has 0 saturated carbocycles. The van der Waals surface area contributed by atoms with Gasteiger partial charge in [-0.2, -0.15) is 13.2 Å². The quantitative estimate of drug-likeness (QED) is 0.766. The van der Waals surface area contributed by atoms with Crippen molar-refractivity contribution in [1.29, 1.82) is 0 Å². The van der Waals surface area contributed by atoms with Gasteiger partial charge in [-0.3, -0.25) is 4.79 Å². The Labute approximate surface area is 101 Å². The van der Waals surface area contributed by atoms with Gasteiger partial charge in [-0.15, -0.1) is 0 Å². The third-order valence-electron chi connectivity index (χ3n) is 1.99. The van der Waals surface area contributed by atoms with Gasteiger partial charge in [-0.25, -0.2) is 0 Å². The third kappa shape index (κ3) is 3.54. The molecule has 0 atom stereocenters. The zero-order valence-electron chi connectivity index (χ0n) is 9.71. The fraction of sp³-hybridized carbons (Fsp3) is 0.364. The summed E-state index contributed by atoms with van der Waals surface area (Å²) in [6, 6.07) is 2.49. The number of hydrogen-bond donors (Lipinski definition) is 0. The van der Waals surface area contributed by atoms with Gasteiger partial charge in [-0.1, -0.05) is 0 Å². The molecular weight excluding hydrogens is 253 g/mol. The summed E-state index contributed by atoms with van der Waals surface area (Å²) >= 11 is 0. The summed E-state index contributed by atoms with van der Waals surface area (Å²) in [5.74, 6) is -0.0668. The molecule has 1 rings (SSSR count). The maximum atomic E-state index is 12.1. The number of benzene rings is 1. The summed E-state index contributed by atoms with van der Waals surface area (Å²) in [6.45, 7) is -1.48. The third-order valence-corrected chi connectivity index (χ3v) is 1.99. The van der Waals surface area contributed by atoms with Crippen LogP contribution < -0.4 is 14.2 Å². The Hall–Kier alpha value is -1.92. The van der Waals surface area contributed by atoms with Crippen molar-refractivity contribution in [2.24, 2.45) is 0 Å². The van der Waals surface area contributed by atoms with Crippen LogP contribution in [0.3, 0.4) is 0 Å². The van der Waals surface area contributed by atoms with Crippen molar-refractivity contribution < 1.29 is 32.2 Å². The summed E-state index contributed by atoms with van der Waals surface area (Å²) in [4.78, 5) is 10.7. The van der Waals surface area contributed by atoms with Crippen LogP contribution in [-0.4, -0.2) is 33.3 Å². The summed E-state index contributed by atoms with van der Waals surface area (Å²) in [7, 11) is 2.57. The minimum absolute atomic E-state index is 0.00681. The van der Waals surface area contributed by atoms with Crippen LogP contribution in [0.2, 0.25) is 0 Å². The van der Waals surface area contributed by atoms with E-state index < -0.39 is 12.8 Å². The van der Waals surface area contributed by atoms with E-state index in [2.05, 4.69) is 4.74 Å². The highest BCUT2D eigenvalue weighted by Crippen LogP contribution is 2.38. The van der Waals surface area contributed by atoms with E-state index in [-0.39, 0.29) is 22.8 Å². The maximum Gasteiger partial charge on any atom is 0.422 e. The van der Waals surface area contributed by atoms with Crippen molar-refractivity contribution in [3.8, 4) is 17.2 Å². The highest BCUT2D eigenvalue weighted by atomic mass is 19.4. The number of carbonyl (C=O) groups is 1. The molecule has 0 amide bonds. The van der Waals surface area contributed by atoms with Crippen LogP contribution in [0.25, 0.3) is 0 Å². The van der Waals surface area contributed by atoms with Gasteiger partial charge in [0.25, 0.3) is 0 Å². The van der Waals surface area contributed by atoms with Crippen molar-refractivity contribution >= 4 is 6.29 Å². The topological polar surface area (TPSA) is 44.8 Å². The number of alkyl halides is 3. The minimum atomic E-state index is -4.48. The maximum absolute atomic E-state index is 12.1. The molecule has 0 saturated heterocycles. The molecule has 0 fully saturated rings. The molecule has 0 aliphatic carbocycles. The van der Waals surface area contributed by atoms with Gasteiger partial charge in [-0.05, 0) is 12.1 Å². The Morgan fingerprint density at radius 1 is 1.17 bits per heavy atom. The molecule has 0 spiro atoms. The molecule has 18 heavy (non-hydrogen) atoms. The van der Waals surface area contributed by atoms with Crippen LogP contribution in [-0.2, 0) is 0 Å². The second-order valence-corrected chi connectivity index (χ2v) is 3.28. The molecule has 0 N–H and O–H groups in total. The number of hydrogen-bond acceptors (Lipinski definition) is 4. The number of methoxy groups -OCH3 is 2. The standard InChI is InChI=1S/C11H11F3O4/c1-16-8-3-7(5-15)4-9(10(8)17-2)18-6-11(12,13)14/h3-5H,6H2,1-2H3. The fourth-order valence-corrected chi connectivity index (χ4v) is 1.28. The summed E-state index contributed by atoms with van der Waals surface area (Å²) in [6.07, 6.45) is -4.00. The Kier molecular flexibility index (Phi) is 4.41. The van der Waals surface area contributed by atoms with E-state index in [1.54, 1.807) is 0 Å². The highest BCUT2D eigenvalue weighted by molar-refractivity contribution is 5.78. The summed E-state index contributed by atoms with van der Waals surface area (Å²) < 4.78 is 50.6. The Bertz CT molecular complexity index is 429. The normalized spacial score (nSPS) is 10.9. The van der Waals surface area contributed by atoms with Gasteiger partial charge in [0, 0.05) is 5.56 Å². The van der Waals surface area contributed by atoms with Crippen molar-refractivity contribution in [2.45, 2.75) is 6.18 Å². The molecule has 7 heteroatoms. The zero-order chi connectivity index (χ0) is 13.8. The lowest BCUT2D eigenvalue weighted by Crippen LogP contribution is -2.19. The number of carbonyl (C=O) groups excluding carboxylic acids is 1. The first kappa shape index (κ1) is 14.1. The molecule has 0 aromatic heterocycles. The van der Waals surface area contributed by atoms with E-state index in [4.69, 9.17) is 9.47 Å². The number of halogens is 3. The van der Waals surface area contributed by atoms with Crippen LogP contribution >= 0.6 is 0 Å². The predicted molar refractivity (Wildman–Crippen MR) is 56.5 cm³/mol. The minimum Gasteiger partial charge on any atom is -0.493 e. The van der Waals surface area contributed by atoms with Gasteiger partial charge in [0.15, 0.2) is 18.1 Å². The molecule has 0 radical (unpaired) electrons. The van der Waals surface area contributed by atoms with Crippen LogP contribution in [0.4, 0.5) is 13.2 Å². The first-order valence-electron chi connectivity index (χ1n) is 4.82. The van der Waals surface area contributed by atoms with Crippen LogP contribution in [0.15, 0.2) is 12.1 Å². The highest BCUT2D eigenvalue weighted by Gasteiger charge is 2.29. The average Bonchev–Trinajstić information content (AvgIpc) is 2.33. The van der Waals surface area contributed by atoms with Crippen molar-refractivity contribution in [2.75, 3.05) is 20.8 Å². The van der Waals surface area contributed by atoms with E-state index in [1.165, 1.54) is 20.3 Å². The lowest BCUT2D eigenvalue weighted by Gasteiger charge is -2.15. The van der Waals surface area contributed by atoms with Gasteiger partial charge in [0.05, 0.1) is 14.2 Å². The lowest BCUT2D eigenvalue weighted by atomic mass is 10.2. The molecule has 1 aromatic rings. The van der Waals surface area contributed by atoms with E-state index in [9.17, 15) is 18.0 Å². The SMILES string of the molecule is COc1cc(C=O)cc(OCC(F)(F)F)c1OC. The van der Waals surface area contributed by atoms with E-state index in [1.807, 2.05) is 0 Å². The zero-order valence-corrected chi connectivity index (χ0v) is 9.71. The monoisotopic (exact) mass is 264 g/mol. The van der Waals surface area contributed by atoms with Gasteiger partial charge in [0.2, 0.25) is 5.75 Å². The predicted octanol–water partition coefficient (Wildman–Crippen LogP) is 2.46. The summed E-state index contributed by atoms with van der Waals surface area (Å²) in [5, 5.41) is 0. The van der Waals surface area contributed by atoms with Gasteiger partial charge in [0.1, 0.15) is 6.29 Å². The second kappa shape index (κ2) is 5.61. The fourth-order valence-electron chi connectivity index (χ4n) is 1.28. The molecule has 0 bridgehead atoms. The lowest BCUT2D eigenvalue weighted by molar-refractivity contribution is -0.153. The first-order chi connectivity index (χ1) is 8.41. The molecule has 0 aliphatic rings. The van der Waals surface area contributed by atoms with Crippen molar-refractivity contribution in [3.05, 3.63) is 17.7 Å². The van der Waals surface area contributed by atoms with Gasteiger partial charge >= 0.3 is 6.18 Å². The van der Waals surface area contributed by atoms with E-state index >= 15 is 0 Å². The molecule has 1 aromatic carbocycles. The van der Waals surface area contributed by atoms with Crippen LogP contribution in [0.5, 0.6) is 17.2 Å². The second-order valence-electron chi connectivity index (χ2n) is 3.28. The van der Waals surface area contributed by atoms with Crippen LogP contribution in [0, 0.1) is 0 Å². The van der Waals surface area contributed by atoms with Crippen LogP contribution in [0.1, 0.15) is 10.4 Å². The molecular formula is C11H11F3O4.